The van der Waals surface area contributed by atoms with Crippen LogP contribution in [0.1, 0.15) is 11.1 Å². The number of aryl methyl sites for hydroxylation is 2. The summed E-state index contributed by atoms with van der Waals surface area (Å²) in [6.45, 7) is 3.98. The van der Waals surface area contributed by atoms with E-state index in [-0.39, 0.29) is 11.7 Å². The van der Waals surface area contributed by atoms with Crippen LogP contribution in [-0.4, -0.2) is 21.6 Å². The number of thioether (sulfide) groups is 1. The average Bonchev–Trinajstić information content (AvgIpc) is 3.20. The predicted molar refractivity (Wildman–Crippen MR) is 132 cm³/mol. The summed E-state index contributed by atoms with van der Waals surface area (Å²) < 4.78 is 1.01. The van der Waals surface area contributed by atoms with E-state index in [2.05, 4.69) is 38.4 Å². The molecule has 4 nitrogen and oxygen atoms in total. The minimum absolute atomic E-state index is 0.0579. The van der Waals surface area contributed by atoms with Crippen molar-refractivity contribution in [2.24, 2.45) is 0 Å². The third-order valence-corrected chi connectivity index (χ3v) is 6.22. The highest BCUT2D eigenvalue weighted by Gasteiger charge is 2.16. The van der Waals surface area contributed by atoms with Crippen LogP contribution in [0.5, 0.6) is 0 Å². The molecule has 4 aromatic rings. The lowest BCUT2D eigenvalue weighted by atomic mass is 10.1. The van der Waals surface area contributed by atoms with E-state index in [1.807, 2.05) is 74.5 Å². The number of rotatable bonds is 6. The summed E-state index contributed by atoms with van der Waals surface area (Å²) in [5.41, 5.74) is 6.86. The molecule has 0 fully saturated rings. The third-order valence-electron chi connectivity index (χ3n) is 4.89. The van der Waals surface area contributed by atoms with Gasteiger partial charge in [0.15, 0.2) is 5.16 Å². The van der Waals surface area contributed by atoms with E-state index in [9.17, 15) is 4.79 Å². The summed E-state index contributed by atoms with van der Waals surface area (Å²) in [7, 11) is 0. The topological polar surface area (TPSA) is 57.8 Å². The quantitative estimate of drug-likeness (QED) is 0.289. The van der Waals surface area contributed by atoms with Crippen LogP contribution in [0.15, 0.2) is 82.4 Å². The van der Waals surface area contributed by atoms with Gasteiger partial charge in [-0.05, 0) is 37.1 Å². The Labute approximate surface area is 194 Å². The molecule has 1 amide bonds. The van der Waals surface area contributed by atoms with Gasteiger partial charge in [0.25, 0.3) is 0 Å². The van der Waals surface area contributed by atoms with Gasteiger partial charge in [-0.3, -0.25) is 4.79 Å². The molecule has 0 aliphatic heterocycles. The number of halogens is 1. The SMILES string of the molecule is Cc1cc(Br)cc(C)c1NC(=O)CSc1nc(-c2ccccc2)c(-c2ccccc2)[nH]1. The predicted octanol–water partition coefficient (Wildman–Crippen LogP) is 6.85. The van der Waals surface area contributed by atoms with Crippen molar-refractivity contribution in [3.63, 3.8) is 0 Å². The maximum Gasteiger partial charge on any atom is 0.234 e. The van der Waals surface area contributed by atoms with Crippen LogP contribution in [0.25, 0.3) is 22.5 Å². The molecule has 156 valence electrons. The van der Waals surface area contributed by atoms with E-state index in [4.69, 9.17) is 4.98 Å². The van der Waals surface area contributed by atoms with Gasteiger partial charge in [-0.1, -0.05) is 88.4 Å². The molecular weight excluding hydrogens is 470 g/mol. The van der Waals surface area contributed by atoms with Crippen LogP contribution in [0.4, 0.5) is 5.69 Å². The Morgan fingerprint density at radius 2 is 1.55 bits per heavy atom. The number of anilines is 1. The van der Waals surface area contributed by atoms with Gasteiger partial charge >= 0.3 is 0 Å². The zero-order chi connectivity index (χ0) is 21.8. The van der Waals surface area contributed by atoms with Gasteiger partial charge in [0.05, 0.1) is 17.1 Å². The largest absolute Gasteiger partial charge is 0.332 e. The maximum atomic E-state index is 12.6. The first kappa shape index (κ1) is 21.4. The van der Waals surface area contributed by atoms with Crippen LogP contribution >= 0.6 is 27.7 Å². The number of imidazole rings is 1. The lowest BCUT2D eigenvalue weighted by molar-refractivity contribution is -0.113. The van der Waals surface area contributed by atoms with Crippen molar-refractivity contribution >= 4 is 39.3 Å². The summed E-state index contributed by atoms with van der Waals surface area (Å²) >= 11 is 4.89. The van der Waals surface area contributed by atoms with Gasteiger partial charge in [-0.2, -0.15) is 0 Å². The van der Waals surface area contributed by atoms with Crippen LogP contribution in [0.3, 0.4) is 0 Å². The van der Waals surface area contributed by atoms with Gasteiger partial charge < -0.3 is 10.3 Å². The molecule has 0 aliphatic rings. The van der Waals surface area contributed by atoms with Crippen molar-refractivity contribution in [3.05, 3.63) is 88.4 Å². The number of nitrogens with one attached hydrogen (secondary N) is 2. The Morgan fingerprint density at radius 1 is 0.968 bits per heavy atom. The number of benzene rings is 3. The molecule has 1 aromatic heterocycles. The van der Waals surface area contributed by atoms with E-state index in [1.165, 1.54) is 11.8 Å². The minimum Gasteiger partial charge on any atom is -0.332 e. The van der Waals surface area contributed by atoms with Crippen molar-refractivity contribution in [1.82, 2.24) is 9.97 Å². The molecule has 31 heavy (non-hydrogen) atoms. The molecule has 0 saturated heterocycles. The number of hydrogen-bond acceptors (Lipinski definition) is 3. The van der Waals surface area contributed by atoms with E-state index < -0.39 is 0 Å². The van der Waals surface area contributed by atoms with Gasteiger partial charge in [0.2, 0.25) is 5.91 Å². The zero-order valence-corrected chi connectivity index (χ0v) is 19.7. The monoisotopic (exact) mass is 491 g/mol. The Hall–Kier alpha value is -2.83. The number of nitrogens with zero attached hydrogens (tertiary/aromatic N) is 1. The summed E-state index contributed by atoms with van der Waals surface area (Å²) in [6.07, 6.45) is 0. The standard InChI is InChI=1S/C25H22BrN3OS/c1-16-13-20(26)14-17(2)22(16)27-21(30)15-31-25-28-23(18-9-5-3-6-10-18)24(29-25)19-11-7-4-8-12-19/h3-14H,15H2,1-2H3,(H,27,30)(H,28,29). The molecular formula is C25H22BrN3OS. The molecule has 0 atom stereocenters. The van der Waals surface area contributed by atoms with Crippen LogP contribution in [0, 0.1) is 13.8 Å². The molecule has 2 N–H and O–H groups in total. The molecule has 4 rings (SSSR count). The molecule has 1 heterocycles. The van der Waals surface area contributed by atoms with Gasteiger partial charge in [-0.15, -0.1) is 0 Å². The molecule has 0 spiro atoms. The second-order valence-electron chi connectivity index (χ2n) is 7.25. The first-order chi connectivity index (χ1) is 15.0. The molecule has 0 radical (unpaired) electrons. The molecule has 6 heteroatoms. The maximum absolute atomic E-state index is 12.6. The molecule has 0 bridgehead atoms. The average molecular weight is 492 g/mol. The highest BCUT2D eigenvalue weighted by Crippen LogP contribution is 2.33. The lowest BCUT2D eigenvalue weighted by Gasteiger charge is -2.12. The fourth-order valence-corrected chi connectivity index (χ4v) is 4.81. The lowest BCUT2D eigenvalue weighted by Crippen LogP contribution is -2.16. The van der Waals surface area contributed by atoms with Crippen molar-refractivity contribution < 1.29 is 4.79 Å². The van der Waals surface area contributed by atoms with Gasteiger partial charge in [0, 0.05) is 21.3 Å². The van der Waals surface area contributed by atoms with Crippen molar-refractivity contribution in [1.29, 1.82) is 0 Å². The number of carbonyl (C=O) groups is 1. The molecule has 0 saturated carbocycles. The summed E-state index contributed by atoms with van der Waals surface area (Å²) in [5, 5.41) is 3.76. The van der Waals surface area contributed by atoms with E-state index >= 15 is 0 Å². The van der Waals surface area contributed by atoms with Gasteiger partial charge in [-0.25, -0.2) is 4.98 Å². The fraction of sp³-hybridized carbons (Fsp3) is 0.120. The first-order valence-corrected chi connectivity index (χ1v) is 11.7. The smallest absolute Gasteiger partial charge is 0.234 e. The normalized spacial score (nSPS) is 10.8. The molecule has 0 unspecified atom stereocenters. The first-order valence-electron chi connectivity index (χ1n) is 9.91. The second kappa shape index (κ2) is 9.54. The highest BCUT2D eigenvalue weighted by atomic mass is 79.9. The van der Waals surface area contributed by atoms with Crippen LogP contribution in [0.2, 0.25) is 0 Å². The number of amides is 1. The summed E-state index contributed by atoms with van der Waals surface area (Å²) in [5.74, 6) is 0.211. The fourth-order valence-electron chi connectivity index (χ4n) is 3.46. The highest BCUT2D eigenvalue weighted by molar-refractivity contribution is 9.10. The van der Waals surface area contributed by atoms with Crippen LogP contribution < -0.4 is 5.32 Å². The second-order valence-corrected chi connectivity index (χ2v) is 9.13. The Balaban J connectivity index is 1.54. The van der Waals surface area contributed by atoms with Crippen molar-refractivity contribution in [2.75, 3.05) is 11.1 Å². The Bertz CT molecular complexity index is 1130. The molecule has 0 aliphatic carbocycles. The van der Waals surface area contributed by atoms with E-state index in [0.29, 0.717) is 0 Å². The number of H-pyrrole nitrogens is 1. The number of aromatic nitrogens is 2. The number of aromatic amines is 1. The third kappa shape index (κ3) is 5.09. The Morgan fingerprint density at radius 3 is 2.16 bits per heavy atom. The summed E-state index contributed by atoms with van der Waals surface area (Å²) in [6, 6.07) is 24.2. The summed E-state index contributed by atoms with van der Waals surface area (Å²) in [4.78, 5) is 20.8. The van der Waals surface area contributed by atoms with Crippen molar-refractivity contribution in [3.8, 4) is 22.5 Å². The molecule has 3 aromatic carbocycles. The Kier molecular flexibility index (Phi) is 6.59. The van der Waals surface area contributed by atoms with Crippen LogP contribution in [-0.2, 0) is 4.79 Å². The van der Waals surface area contributed by atoms with Crippen molar-refractivity contribution in [2.45, 2.75) is 19.0 Å². The number of hydrogen-bond donors (Lipinski definition) is 2. The van der Waals surface area contributed by atoms with E-state index in [1.54, 1.807) is 0 Å². The minimum atomic E-state index is -0.0579. The zero-order valence-electron chi connectivity index (χ0n) is 17.3. The van der Waals surface area contributed by atoms with Gasteiger partial charge in [0.1, 0.15) is 0 Å². The van der Waals surface area contributed by atoms with E-state index in [0.717, 1.165) is 49.0 Å². The number of carbonyl (C=O) groups excluding carboxylic acids is 1.